The second-order valence-electron chi connectivity index (χ2n) is 9.45. The Hall–Kier alpha value is -1.01. The Bertz CT molecular complexity index is 561. The molecule has 2 aliphatic carbocycles. The van der Waals surface area contributed by atoms with Crippen LogP contribution >= 0.6 is 12.2 Å². The number of rotatable bonds is 4. The van der Waals surface area contributed by atoms with Crippen LogP contribution in [0.15, 0.2) is 4.99 Å². The highest BCUT2D eigenvalue weighted by molar-refractivity contribution is 7.80. The van der Waals surface area contributed by atoms with E-state index in [1.54, 1.807) is 4.90 Å². The summed E-state index contributed by atoms with van der Waals surface area (Å²) in [7, 11) is 0. The molecule has 0 atom stereocenters. The zero-order valence-corrected chi connectivity index (χ0v) is 18.0. The van der Waals surface area contributed by atoms with Crippen molar-refractivity contribution >= 4 is 28.8 Å². The van der Waals surface area contributed by atoms with E-state index in [2.05, 4.69) is 24.1 Å². The molecule has 1 saturated heterocycles. The van der Waals surface area contributed by atoms with Crippen LogP contribution in [0, 0.1) is 5.41 Å². The third-order valence-electron chi connectivity index (χ3n) is 6.25. The third-order valence-corrected chi connectivity index (χ3v) is 6.63. The minimum atomic E-state index is 0.0909. The highest BCUT2D eigenvalue weighted by Gasteiger charge is 2.30. The Balaban J connectivity index is 1.36. The van der Waals surface area contributed by atoms with E-state index in [9.17, 15) is 4.79 Å². The summed E-state index contributed by atoms with van der Waals surface area (Å²) < 4.78 is 0. The van der Waals surface area contributed by atoms with Gasteiger partial charge in [-0.15, -0.1) is 0 Å². The Morgan fingerprint density at radius 2 is 1.93 bits per heavy atom. The summed E-state index contributed by atoms with van der Waals surface area (Å²) in [6, 6.07) is 0.593. The summed E-state index contributed by atoms with van der Waals surface area (Å²) in [5, 5.41) is 4.56. The average Bonchev–Trinajstić information content (AvgIpc) is 2.61. The van der Waals surface area contributed by atoms with Crippen LogP contribution in [-0.4, -0.2) is 66.8 Å². The van der Waals surface area contributed by atoms with Crippen LogP contribution in [0.25, 0.3) is 0 Å². The first-order chi connectivity index (χ1) is 12.9. The minimum Gasteiger partial charge on any atom is -0.360 e. The summed E-state index contributed by atoms with van der Waals surface area (Å²) >= 11 is 5.65. The van der Waals surface area contributed by atoms with Gasteiger partial charge in [-0.1, -0.05) is 33.1 Å². The number of aliphatic imine (C=N–C) groups is 1. The van der Waals surface area contributed by atoms with Crippen molar-refractivity contribution in [3.63, 3.8) is 0 Å². The Morgan fingerprint density at radius 3 is 2.59 bits per heavy atom. The number of nitrogens with zero attached hydrogens (tertiary/aromatic N) is 2. The van der Waals surface area contributed by atoms with Gasteiger partial charge < -0.3 is 15.1 Å². The van der Waals surface area contributed by atoms with Crippen molar-refractivity contribution in [3.05, 3.63) is 0 Å². The Kier molecular flexibility index (Phi) is 7.26. The number of Topliss-reactive ketones (excluding diaryl/α,β-unsaturated/α-hetero) is 1. The molecule has 1 heterocycles. The first-order valence-corrected chi connectivity index (χ1v) is 11.2. The standard InChI is InChI=1S/C21H36N4OS/c1-21(2)15-18(14-19(26)16-21)22-8-9-24-10-12-25(13-11-24)20(27)23-17-6-4-3-5-7-17/h17H,3-16H2,1-2H3,(H,23,27)/p+1. The number of carbonyl (C=O) groups is 1. The maximum absolute atomic E-state index is 11.9. The van der Waals surface area contributed by atoms with Gasteiger partial charge in [-0.2, -0.15) is 0 Å². The number of hydrogen-bond acceptors (Lipinski definition) is 3. The summed E-state index contributed by atoms with van der Waals surface area (Å²) in [5.41, 5.74) is 1.21. The molecule has 1 aliphatic heterocycles. The van der Waals surface area contributed by atoms with Gasteiger partial charge in [0.25, 0.3) is 0 Å². The molecule has 0 spiro atoms. The second-order valence-corrected chi connectivity index (χ2v) is 9.84. The van der Waals surface area contributed by atoms with E-state index < -0.39 is 0 Å². The van der Waals surface area contributed by atoms with Crippen LogP contribution in [-0.2, 0) is 4.79 Å². The van der Waals surface area contributed by atoms with E-state index in [4.69, 9.17) is 17.2 Å². The molecule has 0 bridgehead atoms. The van der Waals surface area contributed by atoms with Crippen LogP contribution in [0.1, 0.15) is 65.2 Å². The maximum atomic E-state index is 11.9. The number of carbonyl (C=O) groups excluding carboxylic acids is 1. The number of ketones is 1. The van der Waals surface area contributed by atoms with Crippen LogP contribution in [0.3, 0.4) is 0 Å². The van der Waals surface area contributed by atoms with Crippen molar-refractivity contribution in [1.29, 1.82) is 0 Å². The van der Waals surface area contributed by atoms with Gasteiger partial charge in [0.2, 0.25) is 0 Å². The van der Waals surface area contributed by atoms with Crippen molar-refractivity contribution < 1.29 is 9.69 Å². The summed E-state index contributed by atoms with van der Waals surface area (Å²) in [5.74, 6) is 0.352. The largest absolute Gasteiger partial charge is 0.360 e. The number of hydrogen-bond donors (Lipinski definition) is 2. The van der Waals surface area contributed by atoms with E-state index in [1.807, 2.05) is 0 Å². The topological polar surface area (TPSA) is 49.1 Å². The van der Waals surface area contributed by atoms with E-state index >= 15 is 0 Å². The number of nitrogens with one attached hydrogen (secondary N) is 2. The van der Waals surface area contributed by atoms with Gasteiger partial charge in [-0.3, -0.25) is 9.79 Å². The molecule has 0 aromatic carbocycles. The fraction of sp³-hybridized carbons (Fsp3) is 0.857. The summed E-state index contributed by atoms with van der Waals surface area (Å²) in [6.45, 7) is 10.6. The van der Waals surface area contributed by atoms with Crippen molar-refractivity contribution in [1.82, 2.24) is 10.2 Å². The predicted molar refractivity (Wildman–Crippen MR) is 115 cm³/mol. The molecule has 152 valence electrons. The highest BCUT2D eigenvalue weighted by Crippen LogP contribution is 2.31. The van der Waals surface area contributed by atoms with Gasteiger partial charge in [0.05, 0.1) is 39.3 Å². The van der Waals surface area contributed by atoms with Crippen molar-refractivity contribution in [2.45, 2.75) is 71.3 Å². The van der Waals surface area contributed by atoms with Crippen molar-refractivity contribution in [2.75, 3.05) is 39.3 Å². The van der Waals surface area contributed by atoms with Gasteiger partial charge in [0, 0.05) is 24.6 Å². The number of piperazine rings is 1. The van der Waals surface area contributed by atoms with Gasteiger partial charge >= 0.3 is 0 Å². The van der Waals surface area contributed by atoms with Gasteiger partial charge in [0.15, 0.2) is 5.11 Å². The summed E-state index contributed by atoms with van der Waals surface area (Å²) in [4.78, 5) is 20.6. The molecule has 2 saturated carbocycles. The molecule has 0 unspecified atom stereocenters. The molecule has 0 amide bonds. The van der Waals surface area contributed by atoms with Gasteiger partial charge in [-0.25, -0.2) is 0 Å². The Morgan fingerprint density at radius 1 is 1.22 bits per heavy atom. The maximum Gasteiger partial charge on any atom is 0.169 e. The van der Waals surface area contributed by atoms with E-state index in [0.29, 0.717) is 24.7 Å². The first-order valence-electron chi connectivity index (χ1n) is 10.8. The molecule has 5 nitrogen and oxygen atoms in total. The molecule has 2 N–H and O–H groups in total. The van der Waals surface area contributed by atoms with Crippen molar-refractivity contribution in [3.8, 4) is 0 Å². The molecule has 3 fully saturated rings. The SMILES string of the molecule is CC1(C)CC(=O)CC(=NCC[NH+]2CCN(C(=S)NC3CCCCC3)CC2)C1. The average molecular weight is 394 g/mol. The molecule has 3 rings (SSSR count). The van der Waals surface area contributed by atoms with E-state index in [1.165, 1.54) is 32.1 Å². The first kappa shape index (κ1) is 20.7. The van der Waals surface area contributed by atoms with Gasteiger partial charge in [-0.05, 0) is 36.9 Å². The lowest BCUT2D eigenvalue weighted by Crippen LogP contribution is -3.15. The van der Waals surface area contributed by atoms with Crippen LogP contribution in [0.2, 0.25) is 0 Å². The lowest BCUT2D eigenvalue weighted by molar-refractivity contribution is -0.902. The zero-order chi connectivity index (χ0) is 19.3. The fourth-order valence-electron chi connectivity index (χ4n) is 4.77. The van der Waals surface area contributed by atoms with Crippen LogP contribution in [0.5, 0.6) is 0 Å². The lowest BCUT2D eigenvalue weighted by Gasteiger charge is -2.35. The van der Waals surface area contributed by atoms with Crippen LogP contribution < -0.4 is 10.2 Å². The lowest BCUT2D eigenvalue weighted by atomic mass is 9.76. The van der Waals surface area contributed by atoms with E-state index in [0.717, 1.165) is 56.5 Å². The molecule has 27 heavy (non-hydrogen) atoms. The molecule has 6 heteroatoms. The second kappa shape index (κ2) is 9.46. The third kappa shape index (κ3) is 6.53. The smallest absolute Gasteiger partial charge is 0.169 e. The fourth-order valence-corrected chi connectivity index (χ4v) is 5.12. The van der Waals surface area contributed by atoms with Crippen LogP contribution in [0.4, 0.5) is 0 Å². The highest BCUT2D eigenvalue weighted by atomic mass is 32.1. The number of quaternary nitrogens is 1. The van der Waals surface area contributed by atoms with Gasteiger partial charge in [0.1, 0.15) is 5.78 Å². The quantitative estimate of drug-likeness (QED) is 0.713. The molecule has 0 radical (unpaired) electrons. The predicted octanol–water partition coefficient (Wildman–Crippen LogP) is 1.61. The van der Waals surface area contributed by atoms with Crippen molar-refractivity contribution in [2.24, 2.45) is 10.4 Å². The summed E-state index contributed by atoms with van der Waals surface area (Å²) in [6.07, 6.45) is 8.84. The monoisotopic (exact) mass is 393 g/mol. The molecular formula is C21H37N4OS+. The number of thiocarbonyl (C=S) groups is 1. The zero-order valence-electron chi connectivity index (χ0n) is 17.2. The van der Waals surface area contributed by atoms with E-state index in [-0.39, 0.29) is 5.41 Å². The minimum absolute atomic E-state index is 0.0909. The molecule has 3 aliphatic rings. The molecule has 0 aromatic rings. The molecule has 0 aromatic heterocycles. The molecular weight excluding hydrogens is 356 g/mol. The normalized spacial score (nSPS) is 26.4. The Labute approximate surface area is 170 Å².